The van der Waals surface area contributed by atoms with E-state index in [-0.39, 0.29) is 17.1 Å². The number of phenols is 1. The number of aromatic hydroxyl groups is 1. The van der Waals surface area contributed by atoms with E-state index in [9.17, 15) is 9.90 Å². The molecule has 4 aliphatic carbocycles. The van der Waals surface area contributed by atoms with Gasteiger partial charge in [-0.25, -0.2) is 4.39 Å². The molecule has 4 saturated carbocycles. The predicted molar refractivity (Wildman–Crippen MR) is 147 cm³/mol. The Balaban J connectivity index is 1.17. The number of amides is 1. The van der Waals surface area contributed by atoms with Gasteiger partial charge in [0.05, 0.1) is 31.2 Å². The topological polar surface area (TPSA) is 74.2 Å². The lowest BCUT2D eigenvalue weighted by Gasteiger charge is -2.57. The highest BCUT2D eigenvalue weighted by atomic mass is 32.2. The van der Waals surface area contributed by atoms with Gasteiger partial charge in [0.2, 0.25) is 0 Å². The highest BCUT2D eigenvalue weighted by Crippen LogP contribution is 2.62. The first-order valence-electron chi connectivity index (χ1n) is 13.7. The van der Waals surface area contributed by atoms with Crippen LogP contribution in [0.25, 0.3) is 17.2 Å². The van der Waals surface area contributed by atoms with Crippen molar-refractivity contribution in [2.45, 2.75) is 43.9 Å². The van der Waals surface area contributed by atoms with Crippen LogP contribution < -0.4 is 5.32 Å². The van der Waals surface area contributed by atoms with Crippen molar-refractivity contribution in [3.8, 4) is 16.9 Å². The molecule has 1 amide bonds. The minimum Gasteiger partial charge on any atom is -0.505 e. The van der Waals surface area contributed by atoms with Crippen LogP contribution in [0.3, 0.4) is 0 Å². The summed E-state index contributed by atoms with van der Waals surface area (Å²) in [5, 5.41) is 20.8. The summed E-state index contributed by atoms with van der Waals surface area (Å²) < 4.78 is 20.5. The largest absolute Gasteiger partial charge is 0.505 e. The first-order chi connectivity index (χ1) is 18.4. The molecule has 0 atom stereocenters. The molecular weight excluding hydrogens is 501 g/mol. The first-order valence-corrected chi connectivity index (χ1v) is 14.5. The number of carbonyl (C=O) groups is 1. The van der Waals surface area contributed by atoms with E-state index in [0.29, 0.717) is 54.1 Å². The molecule has 0 unspecified atom stereocenters. The number of hydrogen-bond donors (Lipinski definition) is 2. The third-order valence-electron chi connectivity index (χ3n) is 9.06. The van der Waals surface area contributed by atoms with E-state index in [1.165, 1.54) is 37.1 Å². The van der Waals surface area contributed by atoms with Gasteiger partial charge in [-0.2, -0.15) is 5.10 Å². The molecule has 2 heterocycles. The van der Waals surface area contributed by atoms with Crippen molar-refractivity contribution < 1.29 is 19.0 Å². The van der Waals surface area contributed by atoms with Crippen LogP contribution in [0.1, 0.15) is 49.7 Å². The van der Waals surface area contributed by atoms with Gasteiger partial charge in [-0.1, -0.05) is 18.2 Å². The van der Waals surface area contributed by atoms with Gasteiger partial charge >= 0.3 is 0 Å². The highest BCUT2D eigenvalue weighted by Gasteiger charge is 2.52. The van der Waals surface area contributed by atoms with E-state index in [1.807, 2.05) is 41.4 Å². The molecule has 2 aromatic carbocycles. The molecule has 6 fully saturated rings. The van der Waals surface area contributed by atoms with Crippen molar-refractivity contribution >= 4 is 28.9 Å². The summed E-state index contributed by atoms with van der Waals surface area (Å²) in [6.45, 7) is 2.67. The van der Waals surface area contributed by atoms with E-state index in [1.54, 1.807) is 0 Å². The van der Waals surface area contributed by atoms with Crippen molar-refractivity contribution in [1.29, 1.82) is 0 Å². The number of hydrogen-bond acceptors (Lipinski definition) is 6. The van der Waals surface area contributed by atoms with Gasteiger partial charge in [0, 0.05) is 5.56 Å². The van der Waals surface area contributed by atoms with Gasteiger partial charge in [-0.05, 0) is 114 Å². The number of thioether (sulfide) groups is 1. The summed E-state index contributed by atoms with van der Waals surface area (Å²) in [7, 11) is 0. The standard InChI is InChI=1S/C30H32FN3O3S/c31-25-14-23(13-24(27(25)35)30-15-19-8-20(16-30)10-21(9-19)17-30)22-3-1-2-18(11-22)12-26-28(36)32-29(38-26)33-34-4-6-37-7-5-34/h1-3,11-14,19-21,35H,4-10,15-17H2,(H,32,33,36)/b26-12-. The van der Waals surface area contributed by atoms with Crippen molar-refractivity contribution in [2.75, 3.05) is 26.3 Å². The molecule has 38 heavy (non-hydrogen) atoms. The number of ether oxygens (including phenoxy) is 1. The zero-order chi connectivity index (χ0) is 25.9. The maximum Gasteiger partial charge on any atom is 0.264 e. The van der Waals surface area contributed by atoms with E-state index in [2.05, 4.69) is 10.4 Å². The minimum absolute atomic E-state index is 0.107. The fraction of sp³-hybridized carbons (Fsp3) is 0.467. The lowest BCUT2D eigenvalue weighted by atomic mass is 9.48. The molecular formula is C30H32FN3O3S. The van der Waals surface area contributed by atoms with Gasteiger partial charge in [0.25, 0.3) is 5.91 Å². The van der Waals surface area contributed by atoms with Gasteiger partial charge in [0.1, 0.15) is 0 Å². The van der Waals surface area contributed by atoms with E-state index >= 15 is 4.39 Å². The molecule has 2 N–H and O–H groups in total. The van der Waals surface area contributed by atoms with Crippen molar-refractivity contribution in [3.05, 3.63) is 58.2 Å². The molecule has 198 valence electrons. The first kappa shape index (κ1) is 24.2. The summed E-state index contributed by atoms with van der Waals surface area (Å²) in [5.41, 5.74) is 3.19. The number of nitrogens with zero attached hydrogens (tertiary/aromatic N) is 2. The number of morpholine rings is 1. The molecule has 0 aromatic heterocycles. The monoisotopic (exact) mass is 533 g/mol. The second-order valence-corrected chi connectivity index (χ2v) is 12.7. The van der Waals surface area contributed by atoms with Crippen LogP contribution >= 0.6 is 11.8 Å². The van der Waals surface area contributed by atoms with Crippen LogP contribution in [0, 0.1) is 23.6 Å². The Bertz CT molecular complexity index is 1310. The van der Waals surface area contributed by atoms with Crippen LogP contribution in [-0.2, 0) is 14.9 Å². The quantitative estimate of drug-likeness (QED) is 0.510. The average Bonchev–Trinajstić information content (AvgIpc) is 3.23. The number of nitrogens with one attached hydrogen (secondary N) is 1. The molecule has 2 aromatic rings. The lowest BCUT2D eigenvalue weighted by Crippen LogP contribution is -2.48. The number of phenolic OH excluding ortho intramolecular Hbond substituents is 1. The maximum absolute atomic E-state index is 15.2. The van der Waals surface area contributed by atoms with E-state index in [0.717, 1.165) is 41.5 Å². The number of halogens is 1. The molecule has 6 aliphatic rings. The third-order valence-corrected chi connectivity index (χ3v) is 9.96. The summed E-state index contributed by atoms with van der Waals surface area (Å²) in [6, 6.07) is 11.3. The molecule has 0 spiro atoms. The molecule has 2 aliphatic heterocycles. The zero-order valence-corrected chi connectivity index (χ0v) is 22.1. The van der Waals surface area contributed by atoms with Gasteiger partial charge in [0.15, 0.2) is 16.7 Å². The van der Waals surface area contributed by atoms with Crippen LogP contribution in [0.5, 0.6) is 5.75 Å². The summed E-state index contributed by atoms with van der Waals surface area (Å²) in [5.74, 6) is 1.22. The highest BCUT2D eigenvalue weighted by molar-refractivity contribution is 8.18. The van der Waals surface area contributed by atoms with E-state index < -0.39 is 5.82 Å². The fourth-order valence-electron chi connectivity index (χ4n) is 7.83. The third kappa shape index (κ3) is 4.41. The molecule has 4 bridgehead atoms. The van der Waals surface area contributed by atoms with Crippen LogP contribution in [0.15, 0.2) is 46.4 Å². The second kappa shape index (κ2) is 9.42. The normalized spacial score (nSPS) is 32.4. The van der Waals surface area contributed by atoms with Gasteiger partial charge in [-0.15, -0.1) is 0 Å². The minimum atomic E-state index is -0.549. The Morgan fingerprint density at radius 2 is 1.76 bits per heavy atom. The molecule has 8 rings (SSSR count). The Morgan fingerprint density at radius 3 is 2.47 bits per heavy atom. The SMILES string of the molecule is O=C1NC(=NN2CCOCC2)S/C1=C\c1cccc(-c2cc(F)c(O)c(C34CC5CC(CC(C5)C3)C4)c2)c1. The summed E-state index contributed by atoms with van der Waals surface area (Å²) >= 11 is 1.32. The number of amidine groups is 1. The van der Waals surface area contributed by atoms with Crippen LogP contribution in [0.2, 0.25) is 0 Å². The Hall–Kier alpha value is -2.84. The lowest BCUT2D eigenvalue weighted by molar-refractivity contribution is -0.115. The van der Waals surface area contributed by atoms with E-state index in [4.69, 9.17) is 4.74 Å². The van der Waals surface area contributed by atoms with Crippen LogP contribution in [-0.4, -0.2) is 47.5 Å². The Labute approximate surface area is 226 Å². The molecule has 2 saturated heterocycles. The number of hydrazone groups is 1. The molecule has 0 radical (unpaired) electrons. The second-order valence-electron chi connectivity index (χ2n) is 11.7. The maximum atomic E-state index is 15.2. The summed E-state index contributed by atoms with van der Waals surface area (Å²) in [6.07, 6.45) is 8.91. The van der Waals surface area contributed by atoms with Crippen molar-refractivity contribution in [3.63, 3.8) is 0 Å². The van der Waals surface area contributed by atoms with Crippen molar-refractivity contribution in [2.24, 2.45) is 22.9 Å². The summed E-state index contributed by atoms with van der Waals surface area (Å²) in [4.78, 5) is 13.2. The predicted octanol–water partition coefficient (Wildman–Crippen LogP) is 5.47. The average molecular weight is 534 g/mol. The van der Waals surface area contributed by atoms with Crippen LogP contribution in [0.4, 0.5) is 4.39 Å². The number of benzene rings is 2. The molecule has 8 heteroatoms. The van der Waals surface area contributed by atoms with Gasteiger partial charge < -0.3 is 9.84 Å². The van der Waals surface area contributed by atoms with Crippen molar-refractivity contribution in [1.82, 2.24) is 10.3 Å². The zero-order valence-electron chi connectivity index (χ0n) is 21.3. The molecule has 6 nitrogen and oxygen atoms in total. The smallest absolute Gasteiger partial charge is 0.264 e. The number of rotatable bonds is 4. The fourth-order valence-corrected chi connectivity index (χ4v) is 8.67. The van der Waals surface area contributed by atoms with Gasteiger partial charge in [-0.3, -0.25) is 15.1 Å². The Morgan fingerprint density at radius 1 is 1.05 bits per heavy atom. The Kier molecular flexibility index (Phi) is 6.00. The number of carbonyl (C=O) groups excluding carboxylic acids is 1.